The van der Waals surface area contributed by atoms with E-state index in [1.54, 1.807) is 0 Å². The zero-order valence-corrected chi connectivity index (χ0v) is 12.4. The Balaban J connectivity index is 2.25. The molecule has 0 aromatic carbocycles. The second-order valence-corrected chi connectivity index (χ2v) is 5.54. The van der Waals surface area contributed by atoms with Crippen LogP contribution in [0.2, 0.25) is 0 Å². The number of carbonyl (C=O) groups is 2. The van der Waals surface area contributed by atoms with Gasteiger partial charge in [0.2, 0.25) is 0 Å². The molecule has 7 nitrogen and oxygen atoms in total. The maximum Gasteiger partial charge on any atom is 0.358 e. The summed E-state index contributed by atoms with van der Waals surface area (Å²) in [5, 5.41) is 9.54. The van der Waals surface area contributed by atoms with Crippen LogP contribution in [0.1, 0.15) is 30.8 Å². The fourth-order valence-electron chi connectivity index (χ4n) is 2.63. The van der Waals surface area contributed by atoms with Gasteiger partial charge in [-0.05, 0) is 12.3 Å². The third-order valence-electron chi connectivity index (χ3n) is 4.17. The van der Waals surface area contributed by atoms with Gasteiger partial charge in [0.05, 0.1) is 24.9 Å². The summed E-state index contributed by atoms with van der Waals surface area (Å²) in [6, 6.07) is 0. The standard InChI is InChI=1S/C14H19N3O4/c1-9(2)14(13(19)20)4-5-17(8-14)11-7-15-6-10(16-11)12(18)21-3/h6-7,9H,4-5,8H2,1-3H3,(H,19,20). The summed E-state index contributed by atoms with van der Waals surface area (Å²) in [4.78, 5) is 33.2. The molecule has 2 heterocycles. The normalized spacial score (nSPS) is 21.6. The highest BCUT2D eigenvalue weighted by molar-refractivity contribution is 5.87. The quantitative estimate of drug-likeness (QED) is 0.834. The van der Waals surface area contributed by atoms with E-state index in [4.69, 9.17) is 0 Å². The SMILES string of the molecule is COC(=O)c1cncc(N2CCC(C(=O)O)(C(C)C)C2)n1. The molecule has 0 amide bonds. The molecule has 0 saturated carbocycles. The second-order valence-electron chi connectivity index (χ2n) is 5.54. The average Bonchev–Trinajstić information content (AvgIpc) is 2.93. The van der Waals surface area contributed by atoms with Crippen molar-refractivity contribution in [2.24, 2.45) is 11.3 Å². The Kier molecular flexibility index (Phi) is 4.11. The molecule has 114 valence electrons. The highest BCUT2D eigenvalue weighted by atomic mass is 16.5. The Morgan fingerprint density at radius 3 is 2.67 bits per heavy atom. The molecule has 1 atom stereocenters. The molecule has 1 N–H and O–H groups in total. The number of hydrogen-bond acceptors (Lipinski definition) is 6. The lowest BCUT2D eigenvalue weighted by molar-refractivity contribution is -0.150. The van der Waals surface area contributed by atoms with Crippen molar-refractivity contribution in [2.75, 3.05) is 25.1 Å². The number of aromatic nitrogens is 2. The maximum absolute atomic E-state index is 11.6. The van der Waals surface area contributed by atoms with E-state index in [0.717, 1.165) is 0 Å². The van der Waals surface area contributed by atoms with Gasteiger partial charge in [0, 0.05) is 13.1 Å². The number of carboxylic acids is 1. The van der Waals surface area contributed by atoms with Gasteiger partial charge in [-0.1, -0.05) is 13.8 Å². The molecule has 1 aliphatic heterocycles. The molecule has 0 bridgehead atoms. The second kappa shape index (κ2) is 5.67. The molecule has 0 spiro atoms. The van der Waals surface area contributed by atoms with E-state index in [0.29, 0.717) is 25.3 Å². The minimum atomic E-state index is -0.794. The number of anilines is 1. The third kappa shape index (κ3) is 2.68. The smallest absolute Gasteiger partial charge is 0.358 e. The summed E-state index contributed by atoms with van der Waals surface area (Å²) in [5.41, 5.74) is -0.671. The molecule has 7 heteroatoms. The highest BCUT2D eigenvalue weighted by Gasteiger charge is 2.47. The van der Waals surface area contributed by atoms with E-state index in [9.17, 15) is 14.7 Å². The molecule has 1 aromatic heterocycles. The van der Waals surface area contributed by atoms with Crippen LogP contribution in [0.3, 0.4) is 0 Å². The molecular weight excluding hydrogens is 274 g/mol. The third-order valence-corrected chi connectivity index (χ3v) is 4.17. The van der Waals surface area contributed by atoms with Crippen LogP contribution < -0.4 is 4.90 Å². The van der Waals surface area contributed by atoms with E-state index in [2.05, 4.69) is 14.7 Å². The molecule has 1 fully saturated rings. The van der Waals surface area contributed by atoms with Crippen LogP contribution in [-0.2, 0) is 9.53 Å². The first kappa shape index (κ1) is 15.2. The summed E-state index contributed by atoms with van der Waals surface area (Å²) >= 11 is 0. The van der Waals surface area contributed by atoms with E-state index >= 15 is 0 Å². The van der Waals surface area contributed by atoms with Crippen molar-refractivity contribution in [3.8, 4) is 0 Å². The topological polar surface area (TPSA) is 92.6 Å². The average molecular weight is 293 g/mol. The van der Waals surface area contributed by atoms with Crippen molar-refractivity contribution in [1.29, 1.82) is 0 Å². The minimum Gasteiger partial charge on any atom is -0.481 e. The number of ether oxygens (including phenoxy) is 1. The van der Waals surface area contributed by atoms with Gasteiger partial charge in [0.15, 0.2) is 5.69 Å². The van der Waals surface area contributed by atoms with Crippen LogP contribution in [0.15, 0.2) is 12.4 Å². The predicted molar refractivity (Wildman–Crippen MR) is 75.1 cm³/mol. The fourth-order valence-corrected chi connectivity index (χ4v) is 2.63. The van der Waals surface area contributed by atoms with Crippen molar-refractivity contribution in [3.05, 3.63) is 18.1 Å². The lowest BCUT2D eigenvalue weighted by Crippen LogP contribution is -2.39. The number of nitrogens with zero attached hydrogens (tertiary/aromatic N) is 3. The van der Waals surface area contributed by atoms with Gasteiger partial charge in [-0.15, -0.1) is 0 Å². The van der Waals surface area contributed by atoms with Crippen molar-refractivity contribution < 1.29 is 19.4 Å². The molecule has 1 aromatic rings. The summed E-state index contributed by atoms with van der Waals surface area (Å²) in [5.74, 6) is -0.840. The van der Waals surface area contributed by atoms with Crippen molar-refractivity contribution >= 4 is 17.8 Å². The molecule has 1 aliphatic rings. The van der Waals surface area contributed by atoms with Gasteiger partial charge in [0.1, 0.15) is 5.82 Å². The lowest BCUT2D eigenvalue weighted by atomic mass is 9.76. The fraction of sp³-hybridized carbons (Fsp3) is 0.571. The van der Waals surface area contributed by atoms with Crippen LogP contribution >= 0.6 is 0 Å². The zero-order chi connectivity index (χ0) is 15.6. The highest BCUT2D eigenvalue weighted by Crippen LogP contribution is 2.39. The number of methoxy groups -OCH3 is 1. The minimum absolute atomic E-state index is 0.0109. The lowest BCUT2D eigenvalue weighted by Gasteiger charge is -2.28. The largest absolute Gasteiger partial charge is 0.481 e. The van der Waals surface area contributed by atoms with Gasteiger partial charge in [-0.25, -0.2) is 9.78 Å². The van der Waals surface area contributed by atoms with Crippen molar-refractivity contribution in [3.63, 3.8) is 0 Å². The van der Waals surface area contributed by atoms with E-state index in [1.165, 1.54) is 19.5 Å². The molecule has 2 rings (SSSR count). The Labute approximate surface area is 123 Å². The Bertz CT molecular complexity index is 561. The Hall–Kier alpha value is -2.18. The Morgan fingerprint density at radius 2 is 2.14 bits per heavy atom. The van der Waals surface area contributed by atoms with Crippen LogP contribution in [0.25, 0.3) is 0 Å². The van der Waals surface area contributed by atoms with Crippen molar-refractivity contribution in [1.82, 2.24) is 9.97 Å². The molecule has 1 unspecified atom stereocenters. The van der Waals surface area contributed by atoms with E-state index in [1.807, 2.05) is 18.7 Å². The molecule has 0 radical (unpaired) electrons. The van der Waals surface area contributed by atoms with Crippen LogP contribution in [0.4, 0.5) is 5.82 Å². The summed E-state index contributed by atoms with van der Waals surface area (Å²) in [6.45, 7) is 4.76. The van der Waals surface area contributed by atoms with Gasteiger partial charge in [-0.3, -0.25) is 9.78 Å². The zero-order valence-electron chi connectivity index (χ0n) is 12.4. The van der Waals surface area contributed by atoms with Gasteiger partial charge in [-0.2, -0.15) is 0 Å². The number of aliphatic carboxylic acids is 1. The number of carboxylic acid groups (broad SMARTS) is 1. The van der Waals surface area contributed by atoms with Gasteiger partial charge < -0.3 is 14.7 Å². The summed E-state index contributed by atoms with van der Waals surface area (Å²) < 4.78 is 4.62. The summed E-state index contributed by atoms with van der Waals surface area (Å²) in [7, 11) is 1.28. The van der Waals surface area contributed by atoms with Gasteiger partial charge >= 0.3 is 11.9 Å². The molecule has 0 aliphatic carbocycles. The first-order valence-corrected chi connectivity index (χ1v) is 6.79. The van der Waals surface area contributed by atoms with Crippen LogP contribution in [0, 0.1) is 11.3 Å². The number of carbonyl (C=O) groups excluding carboxylic acids is 1. The van der Waals surface area contributed by atoms with Crippen molar-refractivity contribution in [2.45, 2.75) is 20.3 Å². The molecular formula is C14H19N3O4. The number of rotatable bonds is 4. The monoisotopic (exact) mass is 293 g/mol. The Morgan fingerprint density at radius 1 is 1.43 bits per heavy atom. The first-order chi connectivity index (χ1) is 9.90. The maximum atomic E-state index is 11.6. The van der Waals surface area contributed by atoms with Gasteiger partial charge in [0.25, 0.3) is 0 Å². The van der Waals surface area contributed by atoms with Crippen LogP contribution in [0.5, 0.6) is 0 Å². The number of hydrogen-bond donors (Lipinski definition) is 1. The summed E-state index contributed by atoms with van der Waals surface area (Å²) in [6.07, 6.45) is 3.41. The van der Waals surface area contributed by atoms with E-state index < -0.39 is 17.4 Å². The number of esters is 1. The molecule has 1 saturated heterocycles. The van der Waals surface area contributed by atoms with E-state index in [-0.39, 0.29) is 11.6 Å². The van der Waals surface area contributed by atoms with Crippen LogP contribution in [-0.4, -0.2) is 47.2 Å². The molecule has 21 heavy (non-hydrogen) atoms. The predicted octanol–water partition coefficient (Wildman–Crippen LogP) is 1.20. The first-order valence-electron chi connectivity index (χ1n) is 6.79.